The number of carbonyl (C=O) groups excluding carboxylic acids is 1. The van der Waals surface area contributed by atoms with Crippen LogP contribution in [0.15, 0.2) is 54.6 Å². The van der Waals surface area contributed by atoms with Gasteiger partial charge in [-0.2, -0.15) is 0 Å². The molecule has 0 radical (unpaired) electrons. The van der Waals surface area contributed by atoms with Gasteiger partial charge in [0, 0.05) is 6.08 Å². The Morgan fingerprint density at radius 2 is 1.79 bits per heavy atom. The van der Waals surface area contributed by atoms with Crippen LogP contribution in [0.3, 0.4) is 0 Å². The third-order valence-electron chi connectivity index (χ3n) is 2.43. The maximum absolute atomic E-state index is 12.7. The lowest BCUT2D eigenvalue weighted by Crippen LogP contribution is -2.07. The molecule has 0 bridgehead atoms. The number of hydrogen-bond acceptors (Lipinski definition) is 1. The van der Waals surface area contributed by atoms with Gasteiger partial charge in [0.15, 0.2) is 0 Å². The third kappa shape index (κ3) is 3.93. The van der Waals surface area contributed by atoms with Gasteiger partial charge in [0.25, 0.3) is 0 Å². The number of para-hydroxylation sites is 1. The van der Waals surface area contributed by atoms with Crippen LogP contribution in [-0.2, 0) is 4.79 Å². The molecule has 0 aliphatic rings. The lowest BCUT2D eigenvalue weighted by atomic mass is 10.2. The van der Waals surface area contributed by atoms with E-state index in [2.05, 4.69) is 5.32 Å². The van der Waals surface area contributed by atoms with Crippen LogP contribution in [0.5, 0.6) is 0 Å². The minimum absolute atomic E-state index is 0.294. The van der Waals surface area contributed by atoms with Crippen molar-refractivity contribution in [3.63, 3.8) is 0 Å². The number of amides is 1. The van der Waals surface area contributed by atoms with Gasteiger partial charge >= 0.3 is 0 Å². The molecular weight excluding hydrogens is 265 g/mol. The van der Waals surface area contributed by atoms with E-state index in [-0.39, 0.29) is 11.7 Å². The number of rotatable bonds is 3. The van der Waals surface area contributed by atoms with Crippen LogP contribution in [0.2, 0.25) is 5.02 Å². The zero-order valence-electron chi connectivity index (χ0n) is 9.94. The van der Waals surface area contributed by atoms with E-state index in [0.29, 0.717) is 10.7 Å². The summed E-state index contributed by atoms with van der Waals surface area (Å²) in [6.45, 7) is 0. The summed E-state index contributed by atoms with van der Waals surface area (Å²) in [5.74, 6) is -0.602. The van der Waals surface area contributed by atoms with Gasteiger partial charge in [-0.15, -0.1) is 0 Å². The van der Waals surface area contributed by atoms with Crippen LogP contribution >= 0.6 is 11.6 Å². The van der Waals surface area contributed by atoms with Gasteiger partial charge in [-0.25, -0.2) is 4.39 Å². The molecule has 1 amide bonds. The first kappa shape index (κ1) is 13.3. The summed E-state index contributed by atoms with van der Waals surface area (Å²) in [6.07, 6.45) is 2.97. The molecule has 0 saturated carbocycles. The van der Waals surface area contributed by atoms with Crippen molar-refractivity contribution in [2.75, 3.05) is 5.32 Å². The summed E-state index contributed by atoms with van der Waals surface area (Å²) in [5.41, 5.74) is 1.30. The number of anilines is 1. The van der Waals surface area contributed by atoms with Gasteiger partial charge in [-0.05, 0) is 35.9 Å². The summed E-state index contributed by atoms with van der Waals surface area (Å²) < 4.78 is 12.7. The van der Waals surface area contributed by atoms with E-state index in [4.69, 9.17) is 11.6 Å². The Hall–Kier alpha value is -2.13. The molecule has 4 heteroatoms. The fourth-order valence-corrected chi connectivity index (χ4v) is 1.67. The average molecular weight is 276 g/mol. The van der Waals surface area contributed by atoms with Gasteiger partial charge < -0.3 is 5.32 Å². The van der Waals surface area contributed by atoms with Crippen LogP contribution in [0.1, 0.15) is 5.56 Å². The molecular formula is C15H11ClFNO. The molecule has 96 valence electrons. The Bertz CT molecular complexity index is 608. The fourth-order valence-electron chi connectivity index (χ4n) is 1.48. The highest BCUT2D eigenvalue weighted by Crippen LogP contribution is 2.20. The highest BCUT2D eigenvalue weighted by Gasteiger charge is 2.01. The third-order valence-corrected chi connectivity index (χ3v) is 2.76. The second-order valence-corrected chi connectivity index (χ2v) is 4.26. The first-order valence-electron chi connectivity index (χ1n) is 5.64. The second kappa shape index (κ2) is 6.16. The zero-order valence-corrected chi connectivity index (χ0v) is 10.7. The van der Waals surface area contributed by atoms with Crippen LogP contribution in [0, 0.1) is 5.82 Å². The normalized spacial score (nSPS) is 10.6. The number of hydrogen-bond donors (Lipinski definition) is 1. The molecule has 0 unspecified atom stereocenters. The van der Waals surface area contributed by atoms with Gasteiger partial charge in [-0.3, -0.25) is 4.79 Å². The van der Waals surface area contributed by atoms with Crippen molar-refractivity contribution >= 4 is 29.3 Å². The highest BCUT2D eigenvalue weighted by atomic mass is 35.5. The monoisotopic (exact) mass is 275 g/mol. The van der Waals surface area contributed by atoms with Crippen LogP contribution in [-0.4, -0.2) is 5.91 Å². The number of benzene rings is 2. The van der Waals surface area contributed by atoms with Crippen molar-refractivity contribution in [3.8, 4) is 0 Å². The quantitative estimate of drug-likeness (QED) is 0.839. The maximum Gasteiger partial charge on any atom is 0.248 e. The van der Waals surface area contributed by atoms with Crippen molar-refractivity contribution in [1.29, 1.82) is 0 Å². The zero-order chi connectivity index (χ0) is 13.7. The van der Waals surface area contributed by atoms with Crippen molar-refractivity contribution < 1.29 is 9.18 Å². The predicted octanol–water partition coefficient (Wildman–Crippen LogP) is 4.13. The first-order chi connectivity index (χ1) is 9.15. The molecule has 0 fully saturated rings. The SMILES string of the molecule is O=C(/C=C/c1ccc(F)cc1)Nc1ccccc1Cl. The van der Waals surface area contributed by atoms with E-state index in [1.54, 1.807) is 42.5 Å². The summed E-state index contributed by atoms with van der Waals surface area (Å²) >= 11 is 5.92. The number of nitrogens with one attached hydrogen (secondary N) is 1. The van der Waals surface area contributed by atoms with Crippen LogP contribution in [0.25, 0.3) is 6.08 Å². The first-order valence-corrected chi connectivity index (χ1v) is 6.02. The lowest BCUT2D eigenvalue weighted by molar-refractivity contribution is -0.111. The topological polar surface area (TPSA) is 29.1 Å². The van der Waals surface area contributed by atoms with E-state index in [1.165, 1.54) is 18.2 Å². The largest absolute Gasteiger partial charge is 0.321 e. The molecule has 0 aliphatic carbocycles. The molecule has 0 spiro atoms. The highest BCUT2D eigenvalue weighted by molar-refractivity contribution is 6.33. The maximum atomic E-state index is 12.7. The molecule has 2 aromatic carbocycles. The minimum Gasteiger partial charge on any atom is -0.321 e. The molecule has 0 atom stereocenters. The van der Waals surface area contributed by atoms with Gasteiger partial charge in [0.2, 0.25) is 5.91 Å². The molecule has 0 aliphatic heterocycles. The van der Waals surface area contributed by atoms with Gasteiger partial charge in [0.1, 0.15) is 5.82 Å². The molecule has 2 nitrogen and oxygen atoms in total. The van der Waals surface area contributed by atoms with Crippen molar-refractivity contribution in [3.05, 3.63) is 71.0 Å². The van der Waals surface area contributed by atoms with Gasteiger partial charge in [-0.1, -0.05) is 35.9 Å². The minimum atomic E-state index is -0.308. The molecule has 0 saturated heterocycles. The Kier molecular flexibility index (Phi) is 4.31. The number of halogens is 2. The summed E-state index contributed by atoms with van der Waals surface area (Å²) in [5, 5.41) is 3.14. The van der Waals surface area contributed by atoms with E-state index in [1.807, 2.05) is 0 Å². The van der Waals surface area contributed by atoms with Crippen LogP contribution in [0.4, 0.5) is 10.1 Å². The molecule has 1 N–H and O–H groups in total. The average Bonchev–Trinajstić information content (AvgIpc) is 2.41. The van der Waals surface area contributed by atoms with Crippen LogP contribution < -0.4 is 5.32 Å². The van der Waals surface area contributed by atoms with Crippen molar-refractivity contribution in [2.45, 2.75) is 0 Å². The summed E-state index contributed by atoms with van der Waals surface area (Å²) in [4.78, 5) is 11.7. The van der Waals surface area contributed by atoms with Crippen molar-refractivity contribution in [1.82, 2.24) is 0 Å². The lowest BCUT2D eigenvalue weighted by Gasteiger charge is -2.03. The van der Waals surface area contributed by atoms with E-state index < -0.39 is 0 Å². The molecule has 2 rings (SSSR count). The fraction of sp³-hybridized carbons (Fsp3) is 0. The van der Waals surface area contributed by atoms with Crippen molar-refractivity contribution in [2.24, 2.45) is 0 Å². The number of carbonyl (C=O) groups is 1. The summed E-state index contributed by atoms with van der Waals surface area (Å²) in [7, 11) is 0. The summed E-state index contributed by atoms with van der Waals surface area (Å²) in [6, 6.07) is 12.8. The standard InChI is InChI=1S/C15H11ClFNO/c16-13-3-1-2-4-14(13)18-15(19)10-7-11-5-8-12(17)9-6-11/h1-10H,(H,18,19)/b10-7+. The van der Waals surface area contributed by atoms with E-state index in [9.17, 15) is 9.18 Å². The predicted molar refractivity (Wildman–Crippen MR) is 75.5 cm³/mol. The Labute approximate surface area is 115 Å². The molecule has 0 heterocycles. The Morgan fingerprint density at radius 3 is 2.47 bits per heavy atom. The molecule has 19 heavy (non-hydrogen) atoms. The van der Waals surface area contributed by atoms with E-state index in [0.717, 1.165) is 5.56 Å². The molecule has 0 aromatic heterocycles. The Balaban J connectivity index is 2.02. The Morgan fingerprint density at radius 1 is 1.11 bits per heavy atom. The van der Waals surface area contributed by atoms with Gasteiger partial charge in [0.05, 0.1) is 10.7 Å². The second-order valence-electron chi connectivity index (χ2n) is 3.85. The van der Waals surface area contributed by atoms with E-state index >= 15 is 0 Å². The molecule has 2 aromatic rings. The smallest absolute Gasteiger partial charge is 0.248 e.